The zero-order valence-electron chi connectivity index (χ0n) is 27.6. The lowest BCUT2D eigenvalue weighted by Gasteiger charge is -2.42. The van der Waals surface area contributed by atoms with Crippen molar-refractivity contribution in [3.05, 3.63) is 24.4 Å². The van der Waals surface area contributed by atoms with Crippen LogP contribution in [0.1, 0.15) is 52.9 Å². The molecule has 0 saturated carbocycles. The van der Waals surface area contributed by atoms with Gasteiger partial charge in [-0.25, -0.2) is 4.68 Å². The SMILES string of the molecule is COc1cc(OC)cc(-c2cn(CC3OC(OCCCCCCNC(=O)CC(=O)NCOC(C)C)C(NC(C)=O)C(O)C3O)nn2)c1. The molecule has 0 aliphatic carbocycles. The number of aromatic nitrogens is 3. The van der Waals surface area contributed by atoms with Crippen LogP contribution in [0.25, 0.3) is 11.3 Å². The minimum absolute atomic E-state index is 0.0170. The number of benzene rings is 1. The number of hydrogen-bond acceptors (Lipinski definition) is 12. The van der Waals surface area contributed by atoms with Crippen LogP contribution in [-0.2, 0) is 35.1 Å². The summed E-state index contributed by atoms with van der Waals surface area (Å²) in [7, 11) is 3.10. The lowest BCUT2D eigenvalue weighted by atomic mass is 9.96. The number of rotatable bonds is 19. The number of carbonyl (C=O) groups is 3. The van der Waals surface area contributed by atoms with E-state index >= 15 is 0 Å². The van der Waals surface area contributed by atoms with E-state index in [1.807, 2.05) is 13.8 Å². The first kappa shape index (κ1) is 37.6. The van der Waals surface area contributed by atoms with Crippen LogP contribution >= 0.6 is 0 Å². The predicted molar refractivity (Wildman–Crippen MR) is 168 cm³/mol. The maximum absolute atomic E-state index is 11.9. The molecule has 1 aliphatic heterocycles. The van der Waals surface area contributed by atoms with Crippen molar-refractivity contribution in [3.8, 4) is 22.8 Å². The molecule has 0 spiro atoms. The molecule has 0 radical (unpaired) electrons. The van der Waals surface area contributed by atoms with Crippen molar-refractivity contribution in [2.24, 2.45) is 0 Å². The van der Waals surface area contributed by atoms with E-state index in [0.717, 1.165) is 12.8 Å². The van der Waals surface area contributed by atoms with E-state index in [9.17, 15) is 24.6 Å². The summed E-state index contributed by atoms with van der Waals surface area (Å²) in [5.41, 5.74) is 1.25. The van der Waals surface area contributed by atoms with E-state index in [1.54, 1.807) is 38.6 Å². The zero-order chi connectivity index (χ0) is 34.3. The molecule has 3 amide bonds. The fourth-order valence-corrected chi connectivity index (χ4v) is 4.84. The molecule has 3 rings (SSSR count). The van der Waals surface area contributed by atoms with Crippen molar-refractivity contribution in [1.82, 2.24) is 30.9 Å². The lowest BCUT2D eigenvalue weighted by molar-refractivity contribution is -0.267. The maximum atomic E-state index is 11.9. The van der Waals surface area contributed by atoms with Crippen LogP contribution in [0.4, 0.5) is 0 Å². The molecule has 16 heteroatoms. The highest BCUT2D eigenvalue weighted by Crippen LogP contribution is 2.29. The van der Waals surface area contributed by atoms with Gasteiger partial charge >= 0.3 is 0 Å². The highest BCUT2D eigenvalue weighted by Gasteiger charge is 2.45. The monoisotopic (exact) mass is 664 g/mol. The Morgan fingerprint density at radius 3 is 2.32 bits per heavy atom. The summed E-state index contributed by atoms with van der Waals surface area (Å²) in [6.07, 6.45) is -0.291. The third-order valence-corrected chi connectivity index (χ3v) is 7.31. The van der Waals surface area contributed by atoms with Gasteiger partial charge in [0.25, 0.3) is 0 Å². The zero-order valence-corrected chi connectivity index (χ0v) is 27.6. The highest BCUT2D eigenvalue weighted by molar-refractivity contribution is 5.96. The Morgan fingerprint density at radius 2 is 1.66 bits per heavy atom. The van der Waals surface area contributed by atoms with Crippen LogP contribution in [0, 0.1) is 0 Å². The summed E-state index contributed by atoms with van der Waals surface area (Å²) >= 11 is 0. The Hall–Kier alpha value is -3.83. The third-order valence-electron chi connectivity index (χ3n) is 7.31. The summed E-state index contributed by atoms with van der Waals surface area (Å²) < 4.78 is 29.4. The van der Waals surface area contributed by atoms with Crippen molar-refractivity contribution >= 4 is 17.7 Å². The summed E-state index contributed by atoms with van der Waals surface area (Å²) in [5.74, 6) is 0.0114. The van der Waals surface area contributed by atoms with Crippen molar-refractivity contribution in [2.75, 3.05) is 34.1 Å². The first-order valence-corrected chi connectivity index (χ1v) is 15.7. The van der Waals surface area contributed by atoms with E-state index in [-0.39, 0.29) is 38.3 Å². The van der Waals surface area contributed by atoms with Crippen LogP contribution < -0.4 is 25.4 Å². The van der Waals surface area contributed by atoms with Crippen LogP contribution in [0.3, 0.4) is 0 Å². The summed E-state index contributed by atoms with van der Waals surface area (Å²) in [4.78, 5) is 35.5. The number of hydrogen-bond donors (Lipinski definition) is 5. The average molecular weight is 665 g/mol. The first-order valence-electron chi connectivity index (χ1n) is 15.7. The van der Waals surface area contributed by atoms with E-state index in [1.165, 1.54) is 11.6 Å². The van der Waals surface area contributed by atoms with Gasteiger partial charge in [-0.3, -0.25) is 14.4 Å². The lowest BCUT2D eigenvalue weighted by Crippen LogP contribution is -2.64. The molecule has 1 fully saturated rings. The standard InChI is InChI=1S/C31H48N6O10/c1-19(2)46-18-33-27(40)15-26(39)32-10-8-6-7-9-11-45-31-28(34-20(3)38)30(42)29(41)25(47-31)17-37-16-24(35-36-37)21-12-22(43-4)14-23(13-21)44-5/h12-14,16,19,25,28-31,41-42H,6-11,15,17-18H2,1-5H3,(H,32,39)(H,33,40)(H,34,38). The van der Waals surface area contributed by atoms with Gasteiger partial charge in [0.1, 0.15) is 54.7 Å². The molecule has 5 N–H and O–H groups in total. The second-order valence-corrected chi connectivity index (χ2v) is 11.4. The quantitative estimate of drug-likeness (QED) is 0.0791. The number of aliphatic hydroxyl groups is 2. The van der Waals surface area contributed by atoms with Gasteiger partial charge in [-0.1, -0.05) is 18.1 Å². The van der Waals surface area contributed by atoms with E-state index in [4.69, 9.17) is 23.7 Å². The Balaban J connectivity index is 1.46. The fourth-order valence-electron chi connectivity index (χ4n) is 4.84. The molecule has 262 valence electrons. The highest BCUT2D eigenvalue weighted by atomic mass is 16.7. The summed E-state index contributed by atoms with van der Waals surface area (Å²) in [6, 6.07) is 4.33. The molecule has 16 nitrogen and oxygen atoms in total. The topological polar surface area (TPSA) is 205 Å². The number of methoxy groups -OCH3 is 2. The molecule has 1 aliphatic rings. The van der Waals surface area contributed by atoms with E-state index in [0.29, 0.717) is 42.1 Å². The van der Waals surface area contributed by atoms with Crippen molar-refractivity contribution in [3.63, 3.8) is 0 Å². The van der Waals surface area contributed by atoms with Crippen LogP contribution in [0.15, 0.2) is 24.4 Å². The smallest absolute Gasteiger partial charge is 0.231 e. The summed E-state index contributed by atoms with van der Waals surface area (Å²) in [6.45, 7) is 5.83. The molecule has 5 atom stereocenters. The van der Waals surface area contributed by atoms with E-state index < -0.39 is 42.5 Å². The Bertz CT molecular complexity index is 1270. The van der Waals surface area contributed by atoms with Crippen molar-refractivity contribution < 1.29 is 48.3 Å². The molecular formula is C31H48N6O10. The Morgan fingerprint density at radius 1 is 0.979 bits per heavy atom. The van der Waals surface area contributed by atoms with Gasteiger partial charge in [-0.15, -0.1) is 5.10 Å². The van der Waals surface area contributed by atoms with Gasteiger partial charge in [-0.05, 0) is 38.8 Å². The van der Waals surface area contributed by atoms with Crippen LogP contribution in [0.2, 0.25) is 0 Å². The number of unbranched alkanes of at least 4 members (excludes halogenated alkanes) is 3. The number of carbonyl (C=O) groups excluding carboxylic acids is 3. The second-order valence-electron chi connectivity index (χ2n) is 11.4. The van der Waals surface area contributed by atoms with Gasteiger partial charge in [0, 0.05) is 31.7 Å². The minimum atomic E-state index is -1.36. The maximum Gasteiger partial charge on any atom is 0.231 e. The van der Waals surface area contributed by atoms with Crippen molar-refractivity contribution in [1.29, 1.82) is 0 Å². The second kappa shape index (κ2) is 19.1. The molecule has 2 heterocycles. The van der Waals surface area contributed by atoms with Crippen LogP contribution in [-0.4, -0.2) is 114 Å². The Kier molecular flexibility index (Phi) is 15.3. The van der Waals surface area contributed by atoms with E-state index in [2.05, 4.69) is 26.3 Å². The molecule has 0 bridgehead atoms. The first-order chi connectivity index (χ1) is 22.5. The minimum Gasteiger partial charge on any atom is -0.497 e. The number of ether oxygens (including phenoxy) is 5. The van der Waals surface area contributed by atoms with Gasteiger partial charge in [0.15, 0.2) is 6.29 Å². The van der Waals surface area contributed by atoms with Gasteiger partial charge in [0.2, 0.25) is 17.7 Å². The number of nitrogens with one attached hydrogen (secondary N) is 3. The molecule has 5 unspecified atom stereocenters. The number of amides is 3. The van der Waals surface area contributed by atoms with Crippen LogP contribution in [0.5, 0.6) is 11.5 Å². The molecular weight excluding hydrogens is 616 g/mol. The molecule has 1 aromatic heterocycles. The predicted octanol–water partition coefficient (Wildman–Crippen LogP) is 0.496. The third kappa shape index (κ3) is 12.4. The van der Waals surface area contributed by atoms with Gasteiger partial charge in [0.05, 0.1) is 33.1 Å². The molecule has 1 saturated heterocycles. The number of aliphatic hydroxyl groups excluding tert-OH is 2. The molecule has 47 heavy (non-hydrogen) atoms. The van der Waals surface area contributed by atoms with Crippen molar-refractivity contribution in [2.45, 2.75) is 96.2 Å². The molecule has 2 aromatic rings. The largest absolute Gasteiger partial charge is 0.497 e. The normalized spacial score (nSPS) is 20.9. The number of nitrogens with zero attached hydrogens (tertiary/aromatic N) is 3. The van der Waals surface area contributed by atoms with Gasteiger partial charge in [-0.2, -0.15) is 0 Å². The fraction of sp³-hybridized carbons (Fsp3) is 0.645. The molecule has 1 aromatic carbocycles. The van der Waals surface area contributed by atoms with Gasteiger partial charge < -0.3 is 49.8 Å². The Labute approximate surface area is 274 Å². The average Bonchev–Trinajstić information content (AvgIpc) is 3.50. The summed E-state index contributed by atoms with van der Waals surface area (Å²) in [5, 5.41) is 38.0.